The Balaban J connectivity index is 1.47. The van der Waals surface area contributed by atoms with Gasteiger partial charge >= 0.3 is 0 Å². The Bertz CT molecular complexity index is 1290. The molecule has 3 aromatic rings. The van der Waals surface area contributed by atoms with Crippen molar-refractivity contribution in [3.05, 3.63) is 88.0 Å². The van der Waals surface area contributed by atoms with Crippen molar-refractivity contribution in [2.45, 2.75) is 6.42 Å². The molecule has 1 aliphatic carbocycles. The fraction of sp³-hybridized carbons (Fsp3) is 0.214. The van der Waals surface area contributed by atoms with Gasteiger partial charge in [0, 0.05) is 24.2 Å². The lowest BCUT2D eigenvalue weighted by Crippen LogP contribution is -2.40. The van der Waals surface area contributed by atoms with E-state index in [-0.39, 0.29) is 5.91 Å². The third-order valence-electron chi connectivity index (χ3n) is 6.43. The van der Waals surface area contributed by atoms with E-state index in [9.17, 15) is 9.59 Å². The number of methoxy groups -OCH3 is 1. The molecule has 1 fully saturated rings. The first-order valence-electron chi connectivity index (χ1n) is 11.3. The maximum atomic E-state index is 12.9. The van der Waals surface area contributed by atoms with Crippen molar-refractivity contribution < 1.29 is 19.1 Å². The average Bonchev–Trinajstić information content (AvgIpc) is 3.25. The van der Waals surface area contributed by atoms with Gasteiger partial charge in [0.1, 0.15) is 5.75 Å². The van der Waals surface area contributed by atoms with Gasteiger partial charge in [0.25, 0.3) is 5.91 Å². The van der Waals surface area contributed by atoms with Gasteiger partial charge in [-0.1, -0.05) is 30.4 Å². The molecule has 6 heteroatoms. The Labute approximate surface area is 198 Å². The van der Waals surface area contributed by atoms with Gasteiger partial charge in [-0.3, -0.25) is 9.59 Å². The fourth-order valence-corrected chi connectivity index (χ4v) is 4.62. The number of morpholine rings is 1. The van der Waals surface area contributed by atoms with Crippen LogP contribution in [-0.2, 0) is 11.2 Å². The zero-order chi connectivity index (χ0) is 23.7. The van der Waals surface area contributed by atoms with E-state index in [1.807, 2.05) is 65.6 Å². The van der Waals surface area contributed by atoms with Crippen molar-refractivity contribution in [2.75, 3.05) is 33.4 Å². The summed E-state index contributed by atoms with van der Waals surface area (Å²) in [5.41, 5.74) is 12.8. The van der Waals surface area contributed by atoms with Crippen LogP contribution in [0.15, 0.2) is 54.6 Å². The lowest BCUT2D eigenvalue weighted by molar-refractivity contribution is 0.0303. The number of primary amides is 1. The van der Waals surface area contributed by atoms with Crippen molar-refractivity contribution in [1.82, 2.24) is 4.90 Å². The average molecular weight is 455 g/mol. The molecule has 3 aromatic carbocycles. The first kappa shape index (κ1) is 21.9. The highest BCUT2D eigenvalue weighted by Crippen LogP contribution is 2.40. The highest BCUT2D eigenvalue weighted by molar-refractivity contribution is 6.00. The molecule has 1 aliphatic heterocycles. The minimum Gasteiger partial charge on any atom is -0.497 e. The molecular weight excluding hydrogens is 428 g/mol. The van der Waals surface area contributed by atoms with Crippen molar-refractivity contribution in [1.29, 1.82) is 0 Å². The number of nitrogens with two attached hydrogens (primary N) is 1. The molecule has 0 saturated carbocycles. The fourth-order valence-electron chi connectivity index (χ4n) is 4.62. The molecular formula is C28H26N2O4. The predicted octanol–water partition coefficient (Wildman–Crippen LogP) is 4.01. The monoisotopic (exact) mass is 454 g/mol. The van der Waals surface area contributed by atoms with Crippen LogP contribution in [0, 0.1) is 0 Å². The summed E-state index contributed by atoms with van der Waals surface area (Å²) < 4.78 is 10.6. The maximum Gasteiger partial charge on any atom is 0.254 e. The third kappa shape index (κ3) is 4.20. The second-order valence-corrected chi connectivity index (χ2v) is 8.52. The molecule has 2 amide bonds. The first-order valence-corrected chi connectivity index (χ1v) is 11.3. The van der Waals surface area contributed by atoms with E-state index >= 15 is 0 Å². The van der Waals surface area contributed by atoms with Gasteiger partial charge in [0.2, 0.25) is 5.91 Å². The van der Waals surface area contributed by atoms with Gasteiger partial charge in [-0.15, -0.1) is 0 Å². The summed E-state index contributed by atoms with van der Waals surface area (Å²) in [5, 5.41) is 0. The molecule has 1 heterocycles. The molecule has 6 nitrogen and oxygen atoms in total. The number of hydrogen-bond donors (Lipinski definition) is 1. The van der Waals surface area contributed by atoms with Gasteiger partial charge in [-0.2, -0.15) is 0 Å². The summed E-state index contributed by atoms with van der Waals surface area (Å²) in [6, 6.07) is 17.5. The molecule has 0 spiro atoms. The summed E-state index contributed by atoms with van der Waals surface area (Å²) in [5.74, 6) is 0.363. The van der Waals surface area contributed by atoms with Gasteiger partial charge < -0.3 is 20.1 Å². The normalized spacial score (nSPS) is 14.7. The summed E-state index contributed by atoms with van der Waals surface area (Å²) in [4.78, 5) is 27.1. The van der Waals surface area contributed by atoms with Gasteiger partial charge in [-0.25, -0.2) is 0 Å². The Morgan fingerprint density at radius 1 is 0.941 bits per heavy atom. The number of amides is 2. The zero-order valence-corrected chi connectivity index (χ0v) is 19.0. The molecule has 1 saturated heterocycles. The van der Waals surface area contributed by atoms with Gasteiger partial charge in [0.15, 0.2) is 0 Å². The van der Waals surface area contributed by atoms with Crippen LogP contribution in [0.25, 0.3) is 23.3 Å². The standard InChI is InChI=1S/C28H26N2O4/c1-33-22-7-4-18(5-8-22)2-3-19-14-24-23-9-6-20(28(32)30-10-12-34-13-11-30)16-21(23)17-25(24)26(15-19)27(29)31/h2-9,14-16H,10-13,17H2,1H3,(H2,29,31)/b3-2+. The number of fused-ring (bicyclic) bond motifs is 3. The number of ether oxygens (including phenoxy) is 2. The molecule has 0 aromatic heterocycles. The van der Waals surface area contributed by atoms with E-state index in [0.29, 0.717) is 43.9 Å². The minimum absolute atomic E-state index is 0.0142. The molecule has 0 unspecified atom stereocenters. The summed E-state index contributed by atoms with van der Waals surface area (Å²) in [6.07, 6.45) is 4.55. The molecule has 0 atom stereocenters. The predicted molar refractivity (Wildman–Crippen MR) is 132 cm³/mol. The summed E-state index contributed by atoms with van der Waals surface area (Å²) in [6.45, 7) is 2.34. The Morgan fingerprint density at radius 2 is 1.68 bits per heavy atom. The lowest BCUT2D eigenvalue weighted by atomic mass is 9.96. The van der Waals surface area contributed by atoms with Crippen LogP contribution in [-0.4, -0.2) is 50.1 Å². The summed E-state index contributed by atoms with van der Waals surface area (Å²) >= 11 is 0. The smallest absolute Gasteiger partial charge is 0.254 e. The van der Waals surface area contributed by atoms with Crippen LogP contribution in [0.1, 0.15) is 43.0 Å². The molecule has 172 valence electrons. The lowest BCUT2D eigenvalue weighted by Gasteiger charge is -2.27. The molecule has 2 N–H and O–H groups in total. The van der Waals surface area contributed by atoms with Gasteiger partial charge in [-0.05, 0) is 76.2 Å². The van der Waals surface area contributed by atoms with Crippen LogP contribution in [0.2, 0.25) is 0 Å². The van der Waals surface area contributed by atoms with E-state index in [0.717, 1.165) is 39.1 Å². The molecule has 2 aliphatic rings. The number of benzene rings is 3. The molecule has 0 bridgehead atoms. The first-order chi connectivity index (χ1) is 16.5. The SMILES string of the molecule is COc1ccc(/C=C/c2cc(C(N)=O)c3c(c2)-c2ccc(C(=O)N4CCOCC4)cc2C3)cc1. The van der Waals surface area contributed by atoms with Crippen molar-refractivity contribution in [3.8, 4) is 16.9 Å². The second kappa shape index (κ2) is 9.15. The summed E-state index contributed by atoms with van der Waals surface area (Å²) in [7, 11) is 1.64. The van der Waals surface area contributed by atoms with E-state index in [4.69, 9.17) is 15.2 Å². The maximum absolute atomic E-state index is 12.9. The number of hydrogen-bond acceptors (Lipinski definition) is 4. The third-order valence-corrected chi connectivity index (χ3v) is 6.43. The van der Waals surface area contributed by atoms with Crippen LogP contribution >= 0.6 is 0 Å². The topological polar surface area (TPSA) is 81.9 Å². The number of carbonyl (C=O) groups excluding carboxylic acids is 2. The highest BCUT2D eigenvalue weighted by Gasteiger charge is 2.26. The van der Waals surface area contributed by atoms with E-state index in [2.05, 4.69) is 6.07 Å². The number of carbonyl (C=O) groups is 2. The number of rotatable bonds is 5. The second-order valence-electron chi connectivity index (χ2n) is 8.52. The Hall–Kier alpha value is -3.90. The quantitative estimate of drug-likeness (QED) is 0.462. The van der Waals surface area contributed by atoms with Crippen LogP contribution in [0.3, 0.4) is 0 Å². The molecule has 5 rings (SSSR count). The van der Waals surface area contributed by atoms with Crippen LogP contribution in [0.4, 0.5) is 0 Å². The van der Waals surface area contributed by atoms with E-state index < -0.39 is 5.91 Å². The van der Waals surface area contributed by atoms with Gasteiger partial charge in [0.05, 0.1) is 20.3 Å². The van der Waals surface area contributed by atoms with Crippen molar-refractivity contribution in [2.24, 2.45) is 5.73 Å². The Kier molecular flexibility index (Phi) is 5.90. The zero-order valence-electron chi connectivity index (χ0n) is 19.0. The van der Waals surface area contributed by atoms with E-state index in [1.54, 1.807) is 7.11 Å². The molecule has 0 radical (unpaired) electrons. The van der Waals surface area contributed by atoms with E-state index in [1.165, 1.54) is 0 Å². The Morgan fingerprint density at radius 3 is 2.38 bits per heavy atom. The van der Waals surface area contributed by atoms with Crippen molar-refractivity contribution >= 4 is 24.0 Å². The number of nitrogens with zero attached hydrogens (tertiary/aromatic N) is 1. The van der Waals surface area contributed by atoms with Crippen LogP contribution in [0.5, 0.6) is 5.75 Å². The van der Waals surface area contributed by atoms with Crippen molar-refractivity contribution in [3.63, 3.8) is 0 Å². The molecule has 34 heavy (non-hydrogen) atoms. The highest BCUT2D eigenvalue weighted by atomic mass is 16.5. The van der Waals surface area contributed by atoms with Crippen LogP contribution < -0.4 is 10.5 Å². The minimum atomic E-state index is -0.451. The largest absolute Gasteiger partial charge is 0.497 e.